The fourth-order valence-electron chi connectivity index (χ4n) is 3.15. The first-order chi connectivity index (χ1) is 14.9. The Kier molecular flexibility index (Phi) is 10.4. The molecule has 2 aromatic rings. The van der Waals surface area contributed by atoms with Crippen LogP contribution in [0.3, 0.4) is 0 Å². The minimum atomic E-state index is -0.610. The second-order valence-corrected chi connectivity index (χ2v) is 8.91. The number of unbranched alkanes of at least 4 members (excludes halogenated alkanes) is 5. The second-order valence-electron chi connectivity index (χ2n) is 7.94. The second kappa shape index (κ2) is 13.0. The van der Waals surface area contributed by atoms with Gasteiger partial charge in [-0.25, -0.2) is 0 Å². The Hall–Kier alpha value is -2.48. The summed E-state index contributed by atoms with van der Waals surface area (Å²) in [4.78, 5) is 25.1. The maximum absolute atomic E-state index is 12.8. The summed E-state index contributed by atoms with van der Waals surface area (Å²) in [6.07, 6.45) is 7.17. The Labute approximate surface area is 189 Å². The third-order valence-electron chi connectivity index (χ3n) is 5.02. The van der Waals surface area contributed by atoms with Gasteiger partial charge in [-0.05, 0) is 36.6 Å². The van der Waals surface area contributed by atoms with Gasteiger partial charge in [-0.1, -0.05) is 64.2 Å². The largest absolute Gasteiger partial charge is 0.497 e. The summed E-state index contributed by atoms with van der Waals surface area (Å²) in [5.74, 6) is 0.366. The zero-order valence-corrected chi connectivity index (χ0v) is 19.8. The minimum absolute atomic E-state index is 0.0394. The van der Waals surface area contributed by atoms with Gasteiger partial charge in [-0.3, -0.25) is 14.9 Å². The van der Waals surface area contributed by atoms with Gasteiger partial charge in [-0.2, -0.15) is 0 Å². The van der Waals surface area contributed by atoms with E-state index < -0.39 is 6.04 Å². The number of nitrogens with one attached hydrogen (secondary N) is 2. The van der Waals surface area contributed by atoms with E-state index in [9.17, 15) is 9.59 Å². The molecule has 2 amide bonds. The van der Waals surface area contributed by atoms with Gasteiger partial charge in [0.15, 0.2) is 0 Å². The van der Waals surface area contributed by atoms with Crippen molar-refractivity contribution in [2.24, 2.45) is 5.92 Å². The molecule has 1 unspecified atom stereocenters. The number of ether oxygens (including phenoxy) is 1. The van der Waals surface area contributed by atoms with Crippen LogP contribution in [0.2, 0.25) is 0 Å². The highest BCUT2D eigenvalue weighted by Crippen LogP contribution is 2.28. The molecule has 0 spiro atoms. The van der Waals surface area contributed by atoms with E-state index in [1.54, 1.807) is 7.11 Å². The highest BCUT2D eigenvalue weighted by atomic mass is 32.1. The lowest BCUT2D eigenvalue weighted by Crippen LogP contribution is -2.47. The van der Waals surface area contributed by atoms with Gasteiger partial charge < -0.3 is 10.1 Å². The van der Waals surface area contributed by atoms with Crippen LogP contribution in [-0.4, -0.2) is 35.2 Å². The van der Waals surface area contributed by atoms with Crippen molar-refractivity contribution in [2.45, 2.75) is 71.8 Å². The number of carbonyl (C=O) groups is 2. The lowest BCUT2D eigenvalue weighted by Gasteiger charge is -2.21. The molecule has 170 valence electrons. The average Bonchev–Trinajstić information content (AvgIpc) is 3.22. The molecule has 0 radical (unpaired) electrons. The van der Waals surface area contributed by atoms with Crippen LogP contribution in [-0.2, 0) is 9.59 Å². The summed E-state index contributed by atoms with van der Waals surface area (Å²) in [5, 5.41) is 15.0. The van der Waals surface area contributed by atoms with Crippen molar-refractivity contribution in [3.8, 4) is 16.3 Å². The summed E-state index contributed by atoms with van der Waals surface area (Å²) in [5.41, 5.74) is 0.895. The average molecular weight is 447 g/mol. The van der Waals surface area contributed by atoms with Gasteiger partial charge in [0.1, 0.15) is 16.8 Å². The van der Waals surface area contributed by atoms with E-state index in [2.05, 4.69) is 27.8 Å². The molecule has 8 heteroatoms. The molecule has 0 aliphatic heterocycles. The van der Waals surface area contributed by atoms with E-state index in [-0.39, 0.29) is 17.7 Å². The molecule has 7 nitrogen and oxygen atoms in total. The van der Waals surface area contributed by atoms with Crippen molar-refractivity contribution in [1.82, 2.24) is 15.5 Å². The van der Waals surface area contributed by atoms with Crippen LogP contribution in [0.15, 0.2) is 24.3 Å². The summed E-state index contributed by atoms with van der Waals surface area (Å²) in [6, 6.07) is 6.88. The van der Waals surface area contributed by atoms with Crippen LogP contribution in [0.1, 0.15) is 65.7 Å². The molecule has 0 saturated carbocycles. The van der Waals surface area contributed by atoms with E-state index >= 15 is 0 Å². The van der Waals surface area contributed by atoms with Crippen LogP contribution >= 0.6 is 11.3 Å². The maximum atomic E-state index is 12.8. The predicted octanol–water partition coefficient (Wildman–Crippen LogP) is 5.04. The van der Waals surface area contributed by atoms with Crippen molar-refractivity contribution in [2.75, 3.05) is 12.4 Å². The SMILES string of the molecule is CCCCCCCCC(=O)NC(C(=O)Nc1nnc(-c2ccc(OC)cc2)s1)C(C)C. The van der Waals surface area contributed by atoms with Gasteiger partial charge in [0.05, 0.1) is 7.11 Å². The van der Waals surface area contributed by atoms with Gasteiger partial charge in [0.25, 0.3) is 0 Å². The number of methoxy groups -OCH3 is 1. The number of aromatic nitrogens is 2. The number of nitrogens with zero attached hydrogens (tertiary/aromatic N) is 2. The smallest absolute Gasteiger partial charge is 0.249 e. The third-order valence-corrected chi connectivity index (χ3v) is 5.90. The van der Waals surface area contributed by atoms with Crippen LogP contribution in [0.4, 0.5) is 5.13 Å². The zero-order valence-electron chi connectivity index (χ0n) is 18.9. The van der Waals surface area contributed by atoms with Crippen molar-refractivity contribution in [1.29, 1.82) is 0 Å². The Morgan fingerprint density at radius 1 is 1.03 bits per heavy atom. The highest BCUT2D eigenvalue weighted by molar-refractivity contribution is 7.18. The van der Waals surface area contributed by atoms with Crippen LogP contribution in [0.5, 0.6) is 5.75 Å². The summed E-state index contributed by atoms with van der Waals surface area (Å²) >= 11 is 1.29. The van der Waals surface area contributed by atoms with Crippen molar-refractivity contribution >= 4 is 28.3 Å². The van der Waals surface area contributed by atoms with E-state index in [0.717, 1.165) is 30.6 Å². The third kappa shape index (κ3) is 8.28. The zero-order chi connectivity index (χ0) is 22.6. The molecule has 31 heavy (non-hydrogen) atoms. The number of benzene rings is 1. The Bertz CT molecular complexity index is 820. The Balaban J connectivity index is 1.87. The van der Waals surface area contributed by atoms with Gasteiger partial charge in [-0.15, -0.1) is 10.2 Å². The quantitative estimate of drug-likeness (QED) is 0.420. The molecular formula is C23H34N4O3S. The van der Waals surface area contributed by atoms with E-state index in [4.69, 9.17) is 4.74 Å². The number of anilines is 1. The van der Waals surface area contributed by atoms with E-state index in [1.165, 1.54) is 30.6 Å². The number of rotatable bonds is 13. The Morgan fingerprint density at radius 2 is 1.71 bits per heavy atom. The normalized spacial score (nSPS) is 11.9. The van der Waals surface area contributed by atoms with E-state index in [0.29, 0.717) is 16.6 Å². The monoisotopic (exact) mass is 446 g/mol. The molecule has 1 aromatic carbocycles. The molecule has 0 aliphatic rings. The van der Waals surface area contributed by atoms with Crippen molar-refractivity contribution in [3.05, 3.63) is 24.3 Å². The fourth-order valence-corrected chi connectivity index (χ4v) is 3.91. The van der Waals surface area contributed by atoms with Crippen molar-refractivity contribution in [3.63, 3.8) is 0 Å². The molecular weight excluding hydrogens is 412 g/mol. The fraction of sp³-hybridized carbons (Fsp3) is 0.565. The molecule has 2 N–H and O–H groups in total. The van der Waals surface area contributed by atoms with E-state index in [1.807, 2.05) is 38.1 Å². The first kappa shape index (κ1) is 24.8. The van der Waals surface area contributed by atoms with Crippen molar-refractivity contribution < 1.29 is 14.3 Å². The molecule has 1 heterocycles. The first-order valence-electron chi connectivity index (χ1n) is 11.0. The molecule has 0 aliphatic carbocycles. The Morgan fingerprint density at radius 3 is 2.35 bits per heavy atom. The summed E-state index contributed by atoms with van der Waals surface area (Å²) < 4.78 is 5.17. The van der Waals surface area contributed by atoms with Crippen LogP contribution < -0.4 is 15.4 Å². The molecule has 0 saturated heterocycles. The molecule has 0 fully saturated rings. The first-order valence-corrected chi connectivity index (χ1v) is 11.8. The number of carbonyl (C=O) groups excluding carboxylic acids is 2. The highest BCUT2D eigenvalue weighted by Gasteiger charge is 2.25. The lowest BCUT2D eigenvalue weighted by atomic mass is 10.0. The van der Waals surface area contributed by atoms with Crippen LogP contribution in [0, 0.1) is 5.92 Å². The topological polar surface area (TPSA) is 93.2 Å². The molecule has 1 aromatic heterocycles. The van der Waals surface area contributed by atoms with Gasteiger partial charge >= 0.3 is 0 Å². The lowest BCUT2D eigenvalue weighted by molar-refractivity contribution is -0.127. The minimum Gasteiger partial charge on any atom is -0.497 e. The maximum Gasteiger partial charge on any atom is 0.249 e. The molecule has 1 atom stereocenters. The predicted molar refractivity (Wildman–Crippen MR) is 125 cm³/mol. The number of amides is 2. The number of hydrogen-bond donors (Lipinski definition) is 2. The summed E-state index contributed by atoms with van der Waals surface area (Å²) in [6.45, 7) is 6.02. The van der Waals surface area contributed by atoms with Crippen LogP contribution in [0.25, 0.3) is 10.6 Å². The van der Waals surface area contributed by atoms with Gasteiger partial charge in [0, 0.05) is 12.0 Å². The molecule has 2 rings (SSSR count). The summed E-state index contributed by atoms with van der Waals surface area (Å²) in [7, 11) is 1.62. The van der Waals surface area contributed by atoms with Gasteiger partial charge in [0.2, 0.25) is 16.9 Å². The number of hydrogen-bond acceptors (Lipinski definition) is 6. The molecule has 0 bridgehead atoms. The standard InChI is InChI=1S/C23H34N4O3S/c1-5-6-7-8-9-10-11-19(28)24-20(16(2)3)21(29)25-23-27-26-22(31-23)17-12-14-18(30-4)15-13-17/h12-16,20H,5-11H2,1-4H3,(H,24,28)(H,25,27,29).